The number of amides is 1. The third-order valence-electron chi connectivity index (χ3n) is 4.10. The fourth-order valence-electron chi connectivity index (χ4n) is 2.69. The van der Waals surface area contributed by atoms with Crippen molar-refractivity contribution < 1.29 is 22.7 Å². The number of nitrogens with zero attached hydrogens (tertiary/aromatic N) is 1. The van der Waals surface area contributed by atoms with Gasteiger partial charge in [0.1, 0.15) is 6.04 Å². The van der Waals surface area contributed by atoms with Crippen LogP contribution in [0.4, 0.5) is 0 Å². The molecule has 0 spiro atoms. The van der Waals surface area contributed by atoms with Crippen molar-refractivity contribution in [1.29, 1.82) is 0 Å². The molecule has 25 heavy (non-hydrogen) atoms. The van der Waals surface area contributed by atoms with E-state index < -0.39 is 22.3 Å². The molecule has 1 saturated heterocycles. The van der Waals surface area contributed by atoms with Crippen molar-refractivity contribution in [2.45, 2.75) is 18.5 Å². The second-order valence-corrected chi connectivity index (χ2v) is 7.35. The molecule has 1 fully saturated rings. The summed E-state index contributed by atoms with van der Waals surface area (Å²) in [5.41, 5.74) is 0.691. The lowest BCUT2D eigenvalue weighted by molar-refractivity contribution is -0.125. The van der Waals surface area contributed by atoms with Crippen LogP contribution in [0, 0.1) is 0 Å². The van der Waals surface area contributed by atoms with Gasteiger partial charge in [-0.1, -0.05) is 12.1 Å². The Labute approximate surface area is 148 Å². The summed E-state index contributed by atoms with van der Waals surface area (Å²) in [4.78, 5) is 12.3. The number of hydrogen-bond donors (Lipinski definition) is 2. The Kier molecular flexibility index (Phi) is 6.04. The van der Waals surface area contributed by atoms with Gasteiger partial charge in [0.2, 0.25) is 5.91 Å². The molecule has 0 bridgehead atoms. The van der Waals surface area contributed by atoms with Crippen molar-refractivity contribution in [3.05, 3.63) is 36.4 Å². The molecule has 1 heterocycles. The topological polar surface area (TPSA) is 97.0 Å². The molecule has 0 aliphatic carbocycles. The number of likely N-dealkylation sites (N-methyl/N-ethyl adjacent to an activating group) is 1. The van der Waals surface area contributed by atoms with E-state index in [0.29, 0.717) is 17.1 Å². The maximum Gasteiger partial charge on any atom is 0.280 e. The number of carbonyl (C=O) groups excluding carboxylic acids is 1. The second kappa shape index (κ2) is 7.85. The summed E-state index contributed by atoms with van der Waals surface area (Å²) in [6.45, 7) is 3.81. The highest BCUT2D eigenvalue weighted by molar-refractivity contribution is 7.87. The normalized spacial score (nSPS) is 22.8. The number of rotatable bonds is 6. The van der Waals surface area contributed by atoms with Gasteiger partial charge in [-0.3, -0.25) is 4.79 Å². The Hall–Kier alpha value is -2.10. The fourth-order valence-corrected chi connectivity index (χ4v) is 3.96. The molecule has 0 radical (unpaired) electrons. The van der Waals surface area contributed by atoms with Gasteiger partial charge < -0.3 is 14.8 Å². The van der Waals surface area contributed by atoms with Crippen molar-refractivity contribution in [3.63, 3.8) is 0 Å². The van der Waals surface area contributed by atoms with Crippen LogP contribution in [0.5, 0.6) is 11.5 Å². The van der Waals surface area contributed by atoms with Crippen LogP contribution >= 0.6 is 0 Å². The molecule has 1 aromatic carbocycles. The molecule has 9 heteroatoms. The van der Waals surface area contributed by atoms with Crippen LogP contribution in [0.15, 0.2) is 30.9 Å². The Balaban J connectivity index is 2.32. The predicted molar refractivity (Wildman–Crippen MR) is 93.7 cm³/mol. The fraction of sp³-hybridized carbons (Fsp3) is 0.438. The first kappa shape index (κ1) is 19.2. The number of benzene rings is 1. The van der Waals surface area contributed by atoms with Gasteiger partial charge in [-0.15, -0.1) is 6.58 Å². The summed E-state index contributed by atoms with van der Waals surface area (Å²) in [5.74, 6) is 0.672. The van der Waals surface area contributed by atoms with E-state index in [-0.39, 0.29) is 18.9 Å². The SMILES string of the molecule is C=CCNC(=O)[C@H]1C[C@@H](c2ccc(OC)c(OC)c2)NS(=O)(=O)N1C. The maximum absolute atomic E-state index is 12.4. The van der Waals surface area contributed by atoms with Crippen LogP contribution in [0.3, 0.4) is 0 Å². The summed E-state index contributed by atoms with van der Waals surface area (Å²) in [6, 6.07) is 3.78. The zero-order valence-electron chi connectivity index (χ0n) is 14.5. The minimum atomic E-state index is -3.79. The van der Waals surface area contributed by atoms with E-state index in [9.17, 15) is 13.2 Å². The highest BCUT2D eigenvalue weighted by Gasteiger charge is 2.40. The zero-order chi connectivity index (χ0) is 18.6. The quantitative estimate of drug-likeness (QED) is 0.715. The standard InChI is InChI=1S/C16H23N3O5S/c1-5-8-17-16(20)13-10-12(18-25(21,22)19(13)2)11-6-7-14(23-3)15(9-11)24-4/h5-7,9,12-13,18H,1,8,10H2,2-4H3,(H,17,20)/t12-,13+/m0/s1. The molecule has 138 valence electrons. The summed E-state index contributed by atoms with van der Waals surface area (Å²) in [7, 11) is 0.621. The third kappa shape index (κ3) is 4.12. The minimum Gasteiger partial charge on any atom is -0.493 e. The zero-order valence-corrected chi connectivity index (χ0v) is 15.3. The van der Waals surface area contributed by atoms with Gasteiger partial charge in [-0.25, -0.2) is 0 Å². The van der Waals surface area contributed by atoms with E-state index in [1.54, 1.807) is 24.3 Å². The number of nitrogens with one attached hydrogen (secondary N) is 2. The van der Waals surface area contributed by atoms with Crippen LogP contribution in [0.2, 0.25) is 0 Å². The van der Waals surface area contributed by atoms with E-state index in [2.05, 4.69) is 16.6 Å². The summed E-state index contributed by atoms with van der Waals surface area (Å²) in [5, 5.41) is 2.65. The van der Waals surface area contributed by atoms with Crippen LogP contribution in [0.25, 0.3) is 0 Å². The molecule has 1 amide bonds. The molecule has 2 N–H and O–H groups in total. The Morgan fingerprint density at radius 2 is 2.08 bits per heavy atom. The average molecular weight is 369 g/mol. The third-order valence-corrected chi connectivity index (χ3v) is 5.70. The Morgan fingerprint density at radius 3 is 2.68 bits per heavy atom. The lowest BCUT2D eigenvalue weighted by atomic mass is 9.99. The molecule has 0 unspecified atom stereocenters. The molecular formula is C16H23N3O5S. The van der Waals surface area contributed by atoms with Gasteiger partial charge in [0.05, 0.1) is 20.3 Å². The van der Waals surface area contributed by atoms with Gasteiger partial charge in [0.25, 0.3) is 10.2 Å². The summed E-state index contributed by atoms with van der Waals surface area (Å²) >= 11 is 0. The van der Waals surface area contributed by atoms with E-state index in [1.807, 2.05) is 0 Å². The minimum absolute atomic E-state index is 0.275. The number of ether oxygens (including phenoxy) is 2. The molecule has 1 aromatic rings. The van der Waals surface area contributed by atoms with Crippen molar-refractivity contribution in [2.75, 3.05) is 27.8 Å². The molecule has 2 rings (SSSR count). The van der Waals surface area contributed by atoms with Gasteiger partial charge >= 0.3 is 0 Å². The first-order chi connectivity index (χ1) is 11.8. The van der Waals surface area contributed by atoms with Gasteiger partial charge in [0.15, 0.2) is 11.5 Å². The summed E-state index contributed by atoms with van der Waals surface area (Å²) < 4.78 is 38.9. The first-order valence-corrected chi connectivity index (χ1v) is 9.13. The number of carbonyl (C=O) groups is 1. The van der Waals surface area contributed by atoms with E-state index >= 15 is 0 Å². The number of hydrogen-bond acceptors (Lipinski definition) is 5. The van der Waals surface area contributed by atoms with Gasteiger partial charge in [-0.2, -0.15) is 17.4 Å². The van der Waals surface area contributed by atoms with Gasteiger partial charge in [-0.05, 0) is 24.1 Å². The van der Waals surface area contributed by atoms with E-state index in [4.69, 9.17) is 9.47 Å². The van der Waals surface area contributed by atoms with Crippen molar-refractivity contribution in [2.24, 2.45) is 0 Å². The van der Waals surface area contributed by atoms with Crippen LogP contribution in [-0.2, 0) is 15.0 Å². The van der Waals surface area contributed by atoms with Crippen molar-refractivity contribution in [1.82, 2.24) is 14.3 Å². The van der Waals surface area contributed by atoms with Crippen molar-refractivity contribution in [3.8, 4) is 11.5 Å². The lowest BCUT2D eigenvalue weighted by Gasteiger charge is -2.36. The molecule has 2 atom stereocenters. The molecular weight excluding hydrogens is 346 g/mol. The average Bonchev–Trinajstić information content (AvgIpc) is 2.60. The van der Waals surface area contributed by atoms with Crippen molar-refractivity contribution >= 4 is 16.1 Å². The maximum atomic E-state index is 12.4. The molecule has 1 aliphatic heterocycles. The van der Waals surface area contributed by atoms with Crippen LogP contribution in [-0.4, -0.2) is 52.5 Å². The van der Waals surface area contributed by atoms with Gasteiger partial charge in [0, 0.05) is 13.6 Å². The lowest BCUT2D eigenvalue weighted by Crippen LogP contribution is -2.57. The molecule has 0 aromatic heterocycles. The molecule has 1 aliphatic rings. The number of methoxy groups -OCH3 is 2. The van der Waals surface area contributed by atoms with Crippen LogP contribution in [0.1, 0.15) is 18.0 Å². The molecule has 0 saturated carbocycles. The predicted octanol–water partition coefficient (Wildman–Crippen LogP) is 0.586. The first-order valence-electron chi connectivity index (χ1n) is 7.69. The van der Waals surface area contributed by atoms with Crippen LogP contribution < -0.4 is 19.5 Å². The molecule has 8 nitrogen and oxygen atoms in total. The van der Waals surface area contributed by atoms with E-state index in [0.717, 1.165) is 4.31 Å². The monoisotopic (exact) mass is 369 g/mol. The smallest absolute Gasteiger partial charge is 0.280 e. The Morgan fingerprint density at radius 1 is 1.40 bits per heavy atom. The highest BCUT2D eigenvalue weighted by atomic mass is 32.2. The highest BCUT2D eigenvalue weighted by Crippen LogP contribution is 2.34. The largest absolute Gasteiger partial charge is 0.493 e. The Bertz CT molecular complexity index is 750. The van der Waals surface area contributed by atoms with E-state index in [1.165, 1.54) is 21.3 Å². The second-order valence-electron chi connectivity index (χ2n) is 5.59. The summed E-state index contributed by atoms with van der Waals surface area (Å²) in [6.07, 6.45) is 1.83.